The summed E-state index contributed by atoms with van der Waals surface area (Å²) < 4.78 is 15.4. The van der Waals surface area contributed by atoms with Crippen LogP contribution in [0.3, 0.4) is 0 Å². The molecular formula is C33H40N2O5S. The molecule has 0 bridgehead atoms. The molecule has 4 fully saturated rings. The molecular weight excluding hydrogens is 536 g/mol. The maximum atomic E-state index is 14.6. The van der Waals surface area contributed by atoms with Crippen LogP contribution in [0.4, 0.5) is 0 Å². The summed E-state index contributed by atoms with van der Waals surface area (Å²) >= 11 is 1.46. The molecule has 9 atom stereocenters. The van der Waals surface area contributed by atoms with E-state index in [4.69, 9.17) is 14.5 Å². The van der Waals surface area contributed by atoms with Crippen LogP contribution in [0.15, 0.2) is 53.2 Å². The number of aliphatic hydroxyl groups excluding tert-OH is 1. The number of thioether (sulfide) groups is 1. The van der Waals surface area contributed by atoms with Gasteiger partial charge >= 0.3 is 0 Å². The number of benzene rings is 1. The molecule has 2 aromatic rings. The van der Waals surface area contributed by atoms with E-state index in [1.807, 2.05) is 42.0 Å². The molecule has 3 saturated carbocycles. The molecule has 2 heterocycles. The van der Waals surface area contributed by atoms with Crippen molar-refractivity contribution in [3.05, 3.63) is 48.1 Å². The van der Waals surface area contributed by atoms with Crippen molar-refractivity contribution < 1.29 is 24.2 Å². The topological polar surface area (TPSA) is 90.7 Å². The molecule has 7 nitrogen and oxygen atoms in total. The third kappa shape index (κ3) is 3.79. The molecule has 0 amide bonds. The van der Waals surface area contributed by atoms with Crippen LogP contribution >= 0.6 is 11.8 Å². The minimum atomic E-state index is -1.10. The van der Waals surface area contributed by atoms with Crippen LogP contribution in [-0.4, -0.2) is 56.1 Å². The van der Waals surface area contributed by atoms with Gasteiger partial charge in [-0.05, 0) is 68.2 Å². The number of aliphatic hydroxyl groups is 1. The molecule has 5 aliphatic rings. The maximum absolute atomic E-state index is 14.6. The molecule has 4 aliphatic carbocycles. The predicted octanol–water partition coefficient (Wildman–Crippen LogP) is 5.40. The van der Waals surface area contributed by atoms with Gasteiger partial charge < -0.3 is 19.1 Å². The van der Waals surface area contributed by atoms with Crippen LogP contribution in [0.2, 0.25) is 0 Å². The van der Waals surface area contributed by atoms with Crippen molar-refractivity contribution in [3.63, 3.8) is 0 Å². The molecule has 41 heavy (non-hydrogen) atoms. The zero-order valence-corrected chi connectivity index (χ0v) is 25.2. The number of rotatable bonds is 6. The number of hydrogen-bond acceptors (Lipinski definition) is 7. The summed E-state index contributed by atoms with van der Waals surface area (Å²) in [5.74, 6) is 0.697. The Kier molecular flexibility index (Phi) is 6.47. The van der Waals surface area contributed by atoms with Gasteiger partial charge in [0.1, 0.15) is 0 Å². The van der Waals surface area contributed by atoms with Crippen molar-refractivity contribution in [1.29, 1.82) is 0 Å². The molecule has 1 aromatic heterocycles. The van der Waals surface area contributed by atoms with E-state index in [-0.39, 0.29) is 46.6 Å². The number of imidazole rings is 1. The van der Waals surface area contributed by atoms with Gasteiger partial charge in [0.05, 0.1) is 29.0 Å². The van der Waals surface area contributed by atoms with Gasteiger partial charge in [0.2, 0.25) is 0 Å². The van der Waals surface area contributed by atoms with E-state index in [1.165, 1.54) is 11.8 Å². The van der Waals surface area contributed by atoms with E-state index in [2.05, 4.69) is 20.8 Å². The Morgan fingerprint density at radius 2 is 2.07 bits per heavy atom. The summed E-state index contributed by atoms with van der Waals surface area (Å²) in [5.41, 5.74) is 1.07. The molecule has 0 spiro atoms. The summed E-state index contributed by atoms with van der Waals surface area (Å²) in [6, 6.07) is 8.00. The molecule has 1 aromatic carbocycles. The van der Waals surface area contributed by atoms with Gasteiger partial charge in [0.15, 0.2) is 28.6 Å². The van der Waals surface area contributed by atoms with E-state index in [1.54, 1.807) is 12.2 Å². The van der Waals surface area contributed by atoms with E-state index in [0.29, 0.717) is 6.42 Å². The smallest absolute Gasteiger partial charge is 0.178 e. The first kappa shape index (κ1) is 27.6. The van der Waals surface area contributed by atoms with E-state index in [0.717, 1.165) is 53.9 Å². The first-order valence-corrected chi connectivity index (χ1v) is 16.1. The number of fused-ring (bicyclic) bond motifs is 8. The van der Waals surface area contributed by atoms with E-state index in [9.17, 15) is 14.7 Å². The zero-order chi connectivity index (χ0) is 28.7. The van der Waals surface area contributed by atoms with E-state index < -0.39 is 23.4 Å². The van der Waals surface area contributed by atoms with Gasteiger partial charge in [-0.25, -0.2) is 4.98 Å². The molecule has 6 unspecified atom stereocenters. The van der Waals surface area contributed by atoms with Crippen molar-refractivity contribution in [2.75, 3.05) is 5.75 Å². The highest BCUT2D eigenvalue weighted by atomic mass is 32.2. The SMILES string of the molecule is CCC[C@H]1O[C@@H]2CC3C4CCC5=CC(=O)C=CC5(C)C4C(O)CC3(C)[C@]2(C(=O)CSc2nc3ccccc3n2C)O1. The normalized spacial score (nSPS) is 41.1. The number of aryl methyl sites for hydroxylation is 1. The Balaban J connectivity index is 1.23. The average Bonchev–Trinajstić information content (AvgIpc) is 3.55. The Morgan fingerprint density at radius 3 is 2.85 bits per heavy atom. The Labute approximate surface area is 245 Å². The number of para-hydroxylation sites is 2. The van der Waals surface area contributed by atoms with Crippen LogP contribution in [0.5, 0.6) is 0 Å². The summed E-state index contributed by atoms with van der Waals surface area (Å²) in [6.07, 6.45) is 8.73. The highest BCUT2D eigenvalue weighted by molar-refractivity contribution is 7.99. The molecule has 8 heteroatoms. The van der Waals surface area contributed by atoms with Gasteiger partial charge in [0, 0.05) is 23.8 Å². The highest BCUT2D eigenvalue weighted by Crippen LogP contribution is 2.69. The van der Waals surface area contributed by atoms with Crippen molar-refractivity contribution in [2.24, 2.45) is 35.6 Å². The Bertz CT molecular complexity index is 1480. The lowest BCUT2D eigenvalue weighted by atomic mass is 9.46. The number of ketones is 2. The number of Topliss-reactive ketones (excluding diaryl/α,β-unsaturated/α-hetero) is 1. The zero-order valence-electron chi connectivity index (χ0n) is 24.3. The highest BCUT2D eigenvalue weighted by Gasteiger charge is 2.75. The Hall–Kier alpha value is -2.26. The standard InChI is InChI=1S/C33H40N2O5S/c1-5-8-28-39-27-16-22-21-12-11-19-15-20(36)13-14-31(19,2)29(21)25(37)17-32(22,3)33(27,40-28)26(38)18-41-30-34-23-9-6-7-10-24(23)35(30)4/h6-7,9-10,13-15,21-22,25,27-29,37H,5,8,11-12,16-18H2,1-4H3/t21?,22?,25?,27-,28+,29?,31?,32?,33-/m1/s1. The lowest BCUT2D eigenvalue weighted by molar-refractivity contribution is -0.197. The monoisotopic (exact) mass is 576 g/mol. The van der Waals surface area contributed by atoms with Crippen LogP contribution in [0.1, 0.15) is 59.3 Å². The first-order chi connectivity index (χ1) is 19.6. The van der Waals surface area contributed by atoms with Crippen molar-refractivity contribution in [2.45, 2.75) is 88.6 Å². The number of carbonyl (C=O) groups is 2. The Morgan fingerprint density at radius 1 is 1.27 bits per heavy atom. The molecule has 1 aliphatic heterocycles. The fraction of sp³-hybridized carbons (Fsp3) is 0.606. The summed E-state index contributed by atoms with van der Waals surface area (Å²) in [7, 11) is 1.99. The van der Waals surface area contributed by atoms with Crippen LogP contribution in [-0.2, 0) is 26.1 Å². The fourth-order valence-electron chi connectivity index (χ4n) is 9.50. The van der Waals surface area contributed by atoms with Crippen molar-refractivity contribution >= 4 is 34.4 Å². The second-order valence-corrected chi connectivity index (χ2v) is 14.2. The third-order valence-corrected chi connectivity index (χ3v) is 12.3. The van der Waals surface area contributed by atoms with Gasteiger partial charge in [-0.2, -0.15) is 0 Å². The average molecular weight is 577 g/mol. The third-order valence-electron chi connectivity index (χ3n) is 11.3. The van der Waals surface area contributed by atoms with Gasteiger partial charge in [-0.3, -0.25) is 9.59 Å². The number of hydrogen-bond donors (Lipinski definition) is 1. The summed E-state index contributed by atoms with van der Waals surface area (Å²) in [6.45, 7) is 6.46. The second kappa shape index (κ2) is 9.63. The lowest BCUT2D eigenvalue weighted by Gasteiger charge is -2.59. The van der Waals surface area contributed by atoms with E-state index >= 15 is 0 Å². The van der Waals surface area contributed by atoms with Crippen molar-refractivity contribution in [1.82, 2.24) is 9.55 Å². The maximum Gasteiger partial charge on any atom is 0.178 e. The summed E-state index contributed by atoms with van der Waals surface area (Å²) in [4.78, 5) is 31.5. The molecule has 0 radical (unpaired) electrons. The second-order valence-electron chi connectivity index (χ2n) is 13.3. The van der Waals surface area contributed by atoms with Crippen LogP contribution in [0.25, 0.3) is 11.0 Å². The van der Waals surface area contributed by atoms with Gasteiger partial charge in [-0.15, -0.1) is 0 Å². The van der Waals surface area contributed by atoms with Crippen LogP contribution < -0.4 is 0 Å². The summed E-state index contributed by atoms with van der Waals surface area (Å²) in [5, 5.41) is 12.7. The molecule has 7 rings (SSSR count). The predicted molar refractivity (Wildman–Crippen MR) is 157 cm³/mol. The minimum Gasteiger partial charge on any atom is -0.393 e. The quantitative estimate of drug-likeness (QED) is 0.460. The van der Waals surface area contributed by atoms with Gasteiger partial charge in [-0.1, -0.05) is 62.7 Å². The lowest BCUT2D eigenvalue weighted by Crippen LogP contribution is -2.63. The number of carbonyl (C=O) groups excluding carboxylic acids is 2. The largest absolute Gasteiger partial charge is 0.393 e. The van der Waals surface area contributed by atoms with Gasteiger partial charge in [0.25, 0.3) is 0 Å². The number of ether oxygens (including phenoxy) is 2. The molecule has 1 saturated heterocycles. The molecule has 218 valence electrons. The number of allylic oxidation sites excluding steroid dienone is 4. The number of aromatic nitrogens is 2. The van der Waals surface area contributed by atoms with Crippen LogP contribution in [0, 0.1) is 28.6 Å². The number of nitrogens with zero attached hydrogens (tertiary/aromatic N) is 2. The van der Waals surface area contributed by atoms with Crippen molar-refractivity contribution in [3.8, 4) is 0 Å². The fourth-order valence-corrected chi connectivity index (χ4v) is 10.4. The molecule has 1 N–H and O–H groups in total. The first-order valence-electron chi connectivity index (χ1n) is 15.2. The minimum absolute atomic E-state index is 0.00304.